The minimum Gasteiger partial charge on any atom is -0.496 e. The highest BCUT2D eigenvalue weighted by Gasteiger charge is 2.19. The average Bonchev–Trinajstić information content (AvgIpc) is 2.66. The van der Waals surface area contributed by atoms with E-state index < -0.39 is 10.0 Å². The molecule has 0 aliphatic rings. The van der Waals surface area contributed by atoms with Crippen molar-refractivity contribution in [1.29, 1.82) is 0 Å². The van der Waals surface area contributed by atoms with E-state index in [9.17, 15) is 13.2 Å². The van der Waals surface area contributed by atoms with Gasteiger partial charge in [0.15, 0.2) is 0 Å². The molecule has 2 aromatic carbocycles. The van der Waals surface area contributed by atoms with Crippen LogP contribution in [-0.4, -0.2) is 39.8 Å². The molecule has 0 unspecified atom stereocenters. The predicted molar refractivity (Wildman–Crippen MR) is 110 cm³/mol. The Morgan fingerprint density at radius 2 is 1.86 bits per heavy atom. The van der Waals surface area contributed by atoms with Crippen LogP contribution in [0.2, 0.25) is 0 Å². The summed E-state index contributed by atoms with van der Waals surface area (Å²) in [7, 11) is 0.953. The number of hydrogen-bond donors (Lipinski definition) is 1. The lowest BCUT2D eigenvalue weighted by atomic mass is 10.0. The molecule has 0 aliphatic heterocycles. The van der Waals surface area contributed by atoms with Gasteiger partial charge in [0.25, 0.3) is 0 Å². The minimum atomic E-state index is -3.55. The van der Waals surface area contributed by atoms with Crippen LogP contribution in [0.3, 0.4) is 0 Å². The molecule has 28 heavy (non-hydrogen) atoms. The van der Waals surface area contributed by atoms with E-state index in [2.05, 4.69) is 5.32 Å². The third-order valence-electron chi connectivity index (χ3n) is 4.68. The van der Waals surface area contributed by atoms with E-state index in [1.165, 1.54) is 27.3 Å². The predicted octanol–water partition coefficient (Wildman–Crippen LogP) is 3.06. The zero-order chi connectivity index (χ0) is 20.9. The zero-order valence-electron chi connectivity index (χ0n) is 17.0. The second-order valence-corrected chi connectivity index (χ2v) is 9.06. The molecule has 0 aliphatic carbocycles. The van der Waals surface area contributed by atoms with E-state index in [4.69, 9.17) is 4.74 Å². The van der Waals surface area contributed by atoms with E-state index in [-0.39, 0.29) is 23.3 Å². The third kappa shape index (κ3) is 5.11. The second kappa shape index (κ2) is 9.21. The van der Waals surface area contributed by atoms with Gasteiger partial charge in [-0.25, -0.2) is 12.7 Å². The maximum absolute atomic E-state index is 12.4. The first kappa shape index (κ1) is 21.9. The molecular weight excluding hydrogens is 376 g/mol. The van der Waals surface area contributed by atoms with Crippen molar-refractivity contribution < 1.29 is 17.9 Å². The molecule has 2 aromatic rings. The molecule has 0 aromatic heterocycles. The molecule has 0 spiro atoms. The highest BCUT2D eigenvalue weighted by atomic mass is 32.2. The van der Waals surface area contributed by atoms with Crippen molar-refractivity contribution >= 4 is 15.9 Å². The van der Waals surface area contributed by atoms with Gasteiger partial charge in [-0.2, -0.15) is 0 Å². The molecule has 7 heteroatoms. The van der Waals surface area contributed by atoms with Gasteiger partial charge in [0.05, 0.1) is 18.0 Å². The number of carbonyl (C=O) groups excluding carboxylic acids is 1. The summed E-state index contributed by atoms with van der Waals surface area (Å²) in [5.41, 5.74) is 2.88. The molecule has 0 heterocycles. The van der Waals surface area contributed by atoms with Gasteiger partial charge in [0, 0.05) is 20.5 Å². The summed E-state index contributed by atoms with van der Waals surface area (Å²) in [6.07, 6.45) is 0.615. The van der Waals surface area contributed by atoms with Crippen LogP contribution in [0.4, 0.5) is 0 Å². The first-order chi connectivity index (χ1) is 13.2. The number of methoxy groups -OCH3 is 1. The maximum Gasteiger partial charge on any atom is 0.242 e. The standard InChI is InChI=1S/C21H28N2O4S/c1-15-8-6-7-9-19(15)16(2)22-21(24)13-10-17-14-18(11-12-20(17)27-5)28(25,26)23(3)4/h6-9,11-12,14,16H,10,13H2,1-5H3,(H,22,24)/t16-/m0/s1. The molecule has 2 rings (SSSR count). The smallest absolute Gasteiger partial charge is 0.242 e. The molecule has 1 amide bonds. The van der Waals surface area contributed by atoms with Crippen LogP contribution in [0.1, 0.15) is 36.1 Å². The number of ether oxygens (including phenoxy) is 1. The molecule has 152 valence electrons. The number of hydrogen-bond acceptors (Lipinski definition) is 4. The Morgan fingerprint density at radius 1 is 1.18 bits per heavy atom. The second-order valence-electron chi connectivity index (χ2n) is 6.91. The Bertz CT molecular complexity index is 939. The Balaban J connectivity index is 2.10. The summed E-state index contributed by atoms with van der Waals surface area (Å²) >= 11 is 0. The summed E-state index contributed by atoms with van der Waals surface area (Å²) in [6, 6.07) is 12.5. The number of benzene rings is 2. The van der Waals surface area contributed by atoms with E-state index in [0.717, 1.165) is 15.4 Å². The van der Waals surface area contributed by atoms with Gasteiger partial charge in [-0.3, -0.25) is 4.79 Å². The number of aryl methyl sites for hydroxylation is 2. The van der Waals surface area contributed by atoms with Gasteiger partial charge in [0.1, 0.15) is 5.75 Å². The Kier molecular flexibility index (Phi) is 7.21. The Morgan fingerprint density at radius 3 is 2.46 bits per heavy atom. The molecule has 0 saturated carbocycles. The van der Waals surface area contributed by atoms with Crippen molar-refractivity contribution in [2.24, 2.45) is 0 Å². The van der Waals surface area contributed by atoms with Crippen LogP contribution in [0, 0.1) is 6.92 Å². The van der Waals surface area contributed by atoms with Gasteiger partial charge < -0.3 is 10.1 Å². The fourth-order valence-electron chi connectivity index (χ4n) is 3.03. The fraction of sp³-hybridized carbons (Fsp3) is 0.381. The van der Waals surface area contributed by atoms with E-state index >= 15 is 0 Å². The normalized spacial score (nSPS) is 12.6. The topological polar surface area (TPSA) is 75.7 Å². The van der Waals surface area contributed by atoms with E-state index in [1.54, 1.807) is 12.1 Å². The minimum absolute atomic E-state index is 0.0984. The van der Waals surface area contributed by atoms with Gasteiger partial charge in [-0.1, -0.05) is 24.3 Å². The highest BCUT2D eigenvalue weighted by molar-refractivity contribution is 7.89. The third-order valence-corrected chi connectivity index (χ3v) is 6.50. The van der Waals surface area contributed by atoms with Crippen LogP contribution in [0.15, 0.2) is 47.4 Å². The summed E-state index contributed by atoms with van der Waals surface area (Å²) in [6.45, 7) is 3.96. The van der Waals surface area contributed by atoms with Crippen LogP contribution in [0.5, 0.6) is 5.75 Å². The Hall–Kier alpha value is -2.38. The molecule has 1 N–H and O–H groups in total. The molecule has 0 saturated heterocycles. The largest absolute Gasteiger partial charge is 0.496 e. The molecular formula is C21H28N2O4S. The lowest BCUT2D eigenvalue weighted by Gasteiger charge is -2.17. The maximum atomic E-state index is 12.4. The van der Waals surface area contributed by atoms with Crippen LogP contribution >= 0.6 is 0 Å². The monoisotopic (exact) mass is 404 g/mol. The number of rotatable bonds is 8. The number of nitrogens with zero attached hydrogens (tertiary/aromatic N) is 1. The fourth-order valence-corrected chi connectivity index (χ4v) is 3.99. The van der Waals surface area contributed by atoms with Crippen molar-refractivity contribution in [3.8, 4) is 5.75 Å². The first-order valence-electron chi connectivity index (χ1n) is 9.11. The van der Waals surface area contributed by atoms with Crippen molar-refractivity contribution in [3.63, 3.8) is 0 Å². The Labute approximate surface area is 167 Å². The van der Waals surface area contributed by atoms with Crippen LogP contribution in [-0.2, 0) is 21.2 Å². The lowest BCUT2D eigenvalue weighted by Crippen LogP contribution is -2.27. The lowest BCUT2D eigenvalue weighted by molar-refractivity contribution is -0.121. The van der Waals surface area contributed by atoms with Gasteiger partial charge in [0.2, 0.25) is 15.9 Å². The summed E-state index contributed by atoms with van der Waals surface area (Å²) in [5.74, 6) is 0.469. The molecule has 0 bridgehead atoms. The van der Waals surface area contributed by atoms with Crippen LogP contribution < -0.4 is 10.1 Å². The number of sulfonamides is 1. The van der Waals surface area contributed by atoms with Crippen molar-refractivity contribution in [2.75, 3.05) is 21.2 Å². The molecule has 0 radical (unpaired) electrons. The first-order valence-corrected chi connectivity index (χ1v) is 10.5. The van der Waals surface area contributed by atoms with Gasteiger partial charge >= 0.3 is 0 Å². The summed E-state index contributed by atoms with van der Waals surface area (Å²) in [5, 5.41) is 3.00. The quantitative estimate of drug-likeness (QED) is 0.734. The van der Waals surface area contributed by atoms with E-state index in [0.29, 0.717) is 17.7 Å². The van der Waals surface area contributed by atoms with Crippen molar-refractivity contribution in [3.05, 3.63) is 59.2 Å². The van der Waals surface area contributed by atoms with Crippen molar-refractivity contribution in [2.45, 2.75) is 37.6 Å². The summed E-state index contributed by atoms with van der Waals surface area (Å²) < 4.78 is 31.2. The molecule has 0 fully saturated rings. The molecule has 1 atom stereocenters. The highest BCUT2D eigenvalue weighted by Crippen LogP contribution is 2.25. The zero-order valence-corrected chi connectivity index (χ0v) is 17.8. The SMILES string of the molecule is COc1ccc(S(=O)(=O)N(C)C)cc1CCC(=O)N[C@@H](C)c1ccccc1C. The van der Waals surface area contributed by atoms with Crippen LogP contribution in [0.25, 0.3) is 0 Å². The van der Waals surface area contributed by atoms with Gasteiger partial charge in [-0.05, 0) is 55.2 Å². The van der Waals surface area contributed by atoms with Gasteiger partial charge in [-0.15, -0.1) is 0 Å². The summed E-state index contributed by atoms with van der Waals surface area (Å²) in [4.78, 5) is 12.6. The molecule has 6 nitrogen and oxygen atoms in total. The average molecular weight is 405 g/mol. The number of nitrogens with one attached hydrogen (secondary N) is 1. The van der Waals surface area contributed by atoms with E-state index in [1.807, 2.05) is 38.1 Å². The number of amides is 1. The number of carbonyl (C=O) groups is 1. The van der Waals surface area contributed by atoms with Crippen molar-refractivity contribution in [1.82, 2.24) is 9.62 Å².